The molecule has 4 rings (SSSR count). The Morgan fingerprint density at radius 2 is 2.20 bits per heavy atom. The van der Waals surface area contributed by atoms with E-state index in [0.717, 1.165) is 63.3 Å². The summed E-state index contributed by atoms with van der Waals surface area (Å²) in [6, 6.07) is 8.01. The minimum atomic E-state index is 0.386. The van der Waals surface area contributed by atoms with Crippen molar-refractivity contribution >= 4 is 16.9 Å². The molecule has 4 heterocycles. The molecule has 0 aliphatic carbocycles. The van der Waals surface area contributed by atoms with Crippen molar-refractivity contribution in [3.63, 3.8) is 0 Å². The summed E-state index contributed by atoms with van der Waals surface area (Å²) >= 11 is 0. The van der Waals surface area contributed by atoms with Gasteiger partial charge in [-0.15, -0.1) is 0 Å². The molecule has 0 amide bonds. The van der Waals surface area contributed by atoms with Gasteiger partial charge in [-0.25, -0.2) is 9.97 Å². The van der Waals surface area contributed by atoms with Gasteiger partial charge in [-0.2, -0.15) is 5.26 Å². The maximum absolute atomic E-state index is 9.50. The zero-order chi connectivity index (χ0) is 17.1. The average Bonchev–Trinajstić information content (AvgIpc) is 3.19. The Morgan fingerprint density at radius 3 is 2.96 bits per heavy atom. The second-order valence-electron chi connectivity index (χ2n) is 6.90. The highest BCUT2D eigenvalue weighted by Crippen LogP contribution is 2.27. The Kier molecular flexibility index (Phi) is 4.77. The van der Waals surface area contributed by atoms with E-state index in [-0.39, 0.29) is 0 Å². The van der Waals surface area contributed by atoms with Gasteiger partial charge in [0.2, 0.25) is 0 Å². The highest BCUT2D eigenvalue weighted by atomic mass is 16.5. The minimum Gasteiger partial charge on any atom is -0.377 e. The van der Waals surface area contributed by atoms with E-state index in [0.29, 0.717) is 23.2 Å². The molecule has 2 saturated heterocycles. The molecule has 0 aromatic carbocycles. The van der Waals surface area contributed by atoms with Crippen LogP contribution in [0.2, 0.25) is 0 Å². The Balaban J connectivity index is 1.41. The number of fused-ring (bicyclic) bond motifs is 1. The van der Waals surface area contributed by atoms with Gasteiger partial charge in [-0.3, -0.25) is 0 Å². The van der Waals surface area contributed by atoms with Gasteiger partial charge in [0.25, 0.3) is 0 Å². The van der Waals surface area contributed by atoms with Crippen LogP contribution in [0.3, 0.4) is 0 Å². The van der Waals surface area contributed by atoms with Crippen molar-refractivity contribution in [3.8, 4) is 6.07 Å². The highest BCUT2D eigenvalue weighted by Gasteiger charge is 2.24. The lowest BCUT2D eigenvalue weighted by Gasteiger charge is -2.33. The first-order valence-corrected chi connectivity index (χ1v) is 9.06. The van der Waals surface area contributed by atoms with Gasteiger partial charge in [0.1, 0.15) is 11.9 Å². The molecule has 130 valence electrons. The fraction of sp³-hybridized carbons (Fsp3) is 0.526. The molecular formula is C19H23N5O. The number of aromatic nitrogens is 2. The van der Waals surface area contributed by atoms with Crippen LogP contribution in [-0.2, 0) is 4.74 Å². The van der Waals surface area contributed by atoms with E-state index in [4.69, 9.17) is 4.74 Å². The van der Waals surface area contributed by atoms with Gasteiger partial charge >= 0.3 is 0 Å². The third kappa shape index (κ3) is 3.58. The van der Waals surface area contributed by atoms with Crippen LogP contribution in [-0.4, -0.2) is 48.9 Å². The Bertz CT molecular complexity index is 773. The normalized spacial score (nSPS) is 21.6. The lowest BCUT2D eigenvalue weighted by atomic mass is 9.97. The van der Waals surface area contributed by atoms with E-state index in [1.165, 1.54) is 0 Å². The fourth-order valence-electron chi connectivity index (χ4n) is 3.67. The minimum absolute atomic E-state index is 0.386. The van der Waals surface area contributed by atoms with Crippen LogP contribution in [0.1, 0.15) is 24.8 Å². The lowest BCUT2D eigenvalue weighted by Crippen LogP contribution is -2.36. The summed E-state index contributed by atoms with van der Waals surface area (Å²) in [6.45, 7) is 4.73. The van der Waals surface area contributed by atoms with Crippen LogP contribution >= 0.6 is 0 Å². The van der Waals surface area contributed by atoms with Gasteiger partial charge in [-0.1, -0.05) is 0 Å². The highest BCUT2D eigenvalue weighted by molar-refractivity contribution is 5.79. The number of anilines is 1. The number of nitriles is 1. The molecule has 25 heavy (non-hydrogen) atoms. The third-order valence-electron chi connectivity index (χ3n) is 5.19. The van der Waals surface area contributed by atoms with Crippen molar-refractivity contribution in [2.75, 3.05) is 37.7 Å². The number of pyridine rings is 2. The average molecular weight is 337 g/mol. The summed E-state index contributed by atoms with van der Waals surface area (Å²) in [6.07, 6.45) is 5.40. The summed E-state index contributed by atoms with van der Waals surface area (Å²) in [4.78, 5) is 11.2. The fourth-order valence-corrected chi connectivity index (χ4v) is 3.67. The first-order valence-electron chi connectivity index (χ1n) is 9.06. The van der Waals surface area contributed by atoms with Crippen molar-refractivity contribution < 1.29 is 4.74 Å². The number of nitrogens with one attached hydrogen (secondary N) is 1. The van der Waals surface area contributed by atoms with Crippen LogP contribution in [0, 0.1) is 17.2 Å². The molecule has 6 heteroatoms. The molecule has 2 aromatic heterocycles. The standard InChI is InChI=1S/C19H23N5O/c20-11-16-10-15-2-1-6-22-18(15)23-19(16)24-8-4-14(5-9-24)13-25-17-3-7-21-12-17/h1-2,6,10,14,17,21H,3-5,7-9,12-13H2. The first kappa shape index (κ1) is 16.2. The van der Waals surface area contributed by atoms with Crippen LogP contribution in [0.5, 0.6) is 0 Å². The predicted molar refractivity (Wildman–Crippen MR) is 96.4 cm³/mol. The van der Waals surface area contributed by atoms with Gasteiger partial charge in [0.15, 0.2) is 5.65 Å². The molecule has 0 spiro atoms. The van der Waals surface area contributed by atoms with Crippen LogP contribution < -0.4 is 10.2 Å². The molecule has 2 aliphatic rings. The Morgan fingerprint density at radius 1 is 1.32 bits per heavy atom. The second-order valence-corrected chi connectivity index (χ2v) is 6.90. The molecule has 1 N–H and O–H groups in total. The zero-order valence-electron chi connectivity index (χ0n) is 14.3. The van der Waals surface area contributed by atoms with Crippen LogP contribution in [0.15, 0.2) is 24.4 Å². The number of hydrogen-bond donors (Lipinski definition) is 1. The van der Waals surface area contributed by atoms with Crippen molar-refractivity contribution in [2.24, 2.45) is 5.92 Å². The Labute approximate surface area is 147 Å². The maximum Gasteiger partial charge on any atom is 0.161 e. The van der Waals surface area contributed by atoms with Gasteiger partial charge in [-0.05, 0) is 49.9 Å². The van der Waals surface area contributed by atoms with Crippen molar-refractivity contribution in [1.29, 1.82) is 5.26 Å². The maximum atomic E-state index is 9.50. The first-order chi connectivity index (χ1) is 12.3. The van der Waals surface area contributed by atoms with Gasteiger partial charge in [0, 0.05) is 37.8 Å². The number of ether oxygens (including phenoxy) is 1. The van der Waals surface area contributed by atoms with Crippen LogP contribution in [0.25, 0.3) is 11.0 Å². The zero-order valence-corrected chi connectivity index (χ0v) is 14.3. The molecule has 0 radical (unpaired) electrons. The molecule has 2 fully saturated rings. The molecule has 2 aliphatic heterocycles. The summed E-state index contributed by atoms with van der Waals surface area (Å²) in [5.41, 5.74) is 1.34. The number of hydrogen-bond acceptors (Lipinski definition) is 6. The van der Waals surface area contributed by atoms with E-state index in [1.807, 2.05) is 18.2 Å². The summed E-state index contributed by atoms with van der Waals surface area (Å²) < 4.78 is 6.03. The van der Waals surface area contributed by atoms with Crippen LogP contribution in [0.4, 0.5) is 5.82 Å². The van der Waals surface area contributed by atoms with E-state index < -0.39 is 0 Å². The molecule has 1 atom stereocenters. The second kappa shape index (κ2) is 7.34. The molecule has 0 saturated carbocycles. The SMILES string of the molecule is N#Cc1cc2cccnc2nc1N1CCC(COC2CCNC2)CC1. The van der Waals surface area contributed by atoms with E-state index >= 15 is 0 Å². The monoisotopic (exact) mass is 337 g/mol. The molecular weight excluding hydrogens is 314 g/mol. The Hall–Kier alpha value is -2.23. The van der Waals surface area contributed by atoms with Crippen molar-refractivity contribution in [2.45, 2.75) is 25.4 Å². The number of piperidine rings is 1. The van der Waals surface area contributed by atoms with E-state index in [2.05, 4.69) is 26.3 Å². The third-order valence-corrected chi connectivity index (χ3v) is 5.19. The smallest absolute Gasteiger partial charge is 0.161 e. The van der Waals surface area contributed by atoms with Crippen molar-refractivity contribution in [1.82, 2.24) is 15.3 Å². The largest absolute Gasteiger partial charge is 0.377 e. The summed E-state index contributed by atoms with van der Waals surface area (Å²) in [5, 5.41) is 13.8. The molecule has 2 aromatic rings. The number of rotatable bonds is 4. The number of nitrogens with zero attached hydrogens (tertiary/aromatic N) is 4. The predicted octanol–water partition coefficient (Wildman–Crippen LogP) is 2.10. The summed E-state index contributed by atoms with van der Waals surface area (Å²) in [5.74, 6) is 1.37. The lowest BCUT2D eigenvalue weighted by molar-refractivity contribution is 0.0353. The topological polar surface area (TPSA) is 74.1 Å². The molecule has 0 bridgehead atoms. The van der Waals surface area contributed by atoms with Crippen molar-refractivity contribution in [3.05, 3.63) is 30.0 Å². The molecule has 6 nitrogen and oxygen atoms in total. The van der Waals surface area contributed by atoms with E-state index in [1.54, 1.807) is 6.20 Å². The summed E-state index contributed by atoms with van der Waals surface area (Å²) in [7, 11) is 0. The molecule has 1 unspecified atom stereocenters. The van der Waals surface area contributed by atoms with Gasteiger partial charge in [0.05, 0.1) is 11.7 Å². The van der Waals surface area contributed by atoms with E-state index in [9.17, 15) is 5.26 Å². The van der Waals surface area contributed by atoms with Gasteiger partial charge < -0.3 is 15.0 Å². The quantitative estimate of drug-likeness (QED) is 0.921.